The number of nitrogens with one attached hydrogen (secondary N) is 2. The van der Waals surface area contributed by atoms with E-state index < -0.39 is 0 Å². The molecular weight excluding hydrogens is 355 g/mol. The Bertz CT molecular complexity index is 698. The lowest BCUT2D eigenvalue weighted by Crippen LogP contribution is -2.21. The van der Waals surface area contributed by atoms with Crippen molar-refractivity contribution < 1.29 is 13.9 Å². The SMILES string of the molecule is CCNCCCNCc1cccc(OC)c1OCc1ccc(F)cc1Cl. The molecule has 0 aliphatic rings. The van der Waals surface area contributed by atoms with Crippen molar-refractivity contribution in [3.05, 3.63) is 58.4 Å². The zero-order valence-electron chi connectivity index (χ0n) is 15.3. The van der Waals surface area contributed by atoms with Crippen LogP contribution in [0.1, 0.15) is 24.5 Å². The molecule has 0 radical (unpaired) electrons. The normalized spacial score (nSPS) is 10.8. The number of ether oxygens (including phenoxy) is 2. The lowest BCUT2D eigenvalue weighted by molar-refractivity contribution is 0.280. The van der Waals surface area contributed by atoms with Crippen LogP contribution in [0.2, 0.25) is 5.02 Å². The van der Waals surface area contributed by atoms with Crippen molar-refractivity contribution in [2.24, 2.45) is 0 Å². The summed E-state index contributed by atoms with van der Waals surface area (Å²) in [6, 6.07) is 10.1. The highest BCUT2D eigenvalue weighted by Crippen LogP contribution is 2.32. The minimum Gasteiger partial charge on any atom is -0.493 e. The van der Waals surface area contributed by atoms with E-state index in [9.17, 15) is 4.39 Å². The number of halogens is 2. The summed E-state index contributed by atoms with van der Waals surface area (Å²) in [5.41, 5.74) is 1.73. The molecule has 0 aliphatic heterocycles. The molecule has 0 fully saturated rings. The van der Waals surface area contributed by atoms with Crippen LogP contribution in [0.3, 0.4) is 0 Å². The van der Waals surface area contributed by atoms with Gasteiger partial charge in [0.15, 0.2) is 11.5 Å². The van der Waals surface area contributed by atoms with Gasteiger partial charge in [-0.1, -0.05) is 36.7 Å². The Hall–Kier alpha value is -1.82. The van der Waals surface area contributed by atoms with Gasteiger partial charge in [-0.25, -0.2) is 4.39 Å². The minimum absolute atomic E-state index is 0.243. The first-order chi connectivity index (χ1) is 12.7. The van der Waals surface area contributed by atoms with Gasteiger partial charge in [-0.15, -0.1) is 0 Å². The standard InChI is InChI=1S/C20H26ClFN2O2/c1-3-23-10-5-11-24-13-15-6-4-7-19(25-2)20(15)26-14-16-8-9-17(22)12-18(16)21/h4,6-9,12,23-24H,3,5,10-11,13-14H2,1-2H3. The topological polar surface area (TPSA) is 42.5 Å². The monoisotopic (exact) mass is 380 g/mol. The van der Waals surface area contributed by atoms with E-state index in [0.29, 0.717) is 23.1 Å². The molecule has 0 aliphatic carbocycles. The summed E-state index contributed by atoms with van der Waals surface area (Å²) in [6.45, 7) is 5.91. The van der Waals surface area contributed by atoms with E-state index in [2.05, 4.69) is 17.6 Å². The van der Waals surface area contributed by atoms with Crippen molar-refractivity contribution in [2.45, 2.75) is 26.5 Å². The number of rotatable bonds is 11. The van der Waals surface area contributed by atoms with Gasteiger partial charge in [0.05, 0.1) is 12.1 Å². The van der Waals surface area contributed by atoms with Gasteiger partial charge in [0.2, 0.25) is 0 Å². The van der Waals surface area contributed by atoms with Gasteiger partial charge in [-0.05, 0) is 44.3 Å². The second-order valence-corrected chi connectivity index (χ2v) is 6.26. The van der Waals surface area contributed by atoms with Gasteiger partial charge in [0.25, 0.3) is 0 Å². The number of benzene rings is 2. The van der Waals surface area contributed by atoms with E-state index in [1.165, 1.54) is 12.1 Å². The molecule has 2 aromatic rings. The first-order valence-corrected chi connectivity index (χ1v) is 9.17. The molecule has 2 rings (SSSR count). The van der Waals surface area contributed by atoms with Crippen LogP contribution in [-0.2, 0) is 13.2 Å². The van der Waals surface area contributed by atoms with Crippen LogP contribution in [0, 0.1) is 5.82 Å². The van der Waals surface area contributed by atoms with Gasteiger partial charge >= 0.3 is 0 Å². The largest absolute Gasteiger partial charge is 0.493 e. The Kier molecular flexibility index (Phi) is 8.68. The smallest absolute Gasteiger partial charge is 0.166 e. The maximum Gasteiger partial charge on any atom is 0.166 e. The van der Waals surface area contributed by atoms with E-state index in [0.717, 1.165) is 37.2 Å². The van der Waals surface area contributed by atoms with Gasteiger partial charge in [-0.3, -0.25) is 0 Å². The third-order valence-electron chi connectivity index (χ3n) is 3.94. The van der Waals surface area contributed by atoms with Crippen LogP contribution in [0.25, 0.3) is 0 Å². The van der Waals surface area contributed by atoms with Crippen molar-refractivity contribution in [2.75, 3.05) is 26.7 Å². The minimum atomic E-state index is -0.363. The van der Waals surface area contributed by atoms with Crippen LogP contribution in [0.15, 0.2) is 36.4 Å². The summed E-state index contributed by atoms with van der Waals surface area (Å²) in [4.78, 5) is 0. The fourth-order valence-electron chi connectivity index (χ4n) is 2.55. The Morgan fingerprint density at radius 1 is 1.08 bits per heavy atom. The molecule has 0 aromatic heterocycles. The summed E-state index contributed by atoms with van der Waals surface area (Å²) < 4.78 is 24.6. The number of hydrogen-bond donors (Lipinski definition) is 2. The number of hydrogen-bond acceptors (Lipinski definition) is 4. The molecule has 0 heterocycles. The van der Waals surface area contributed by atoms with Crippen molar-refractivity contribution in [1.82, 2.24) is 10.6 Å². The summed E-state index contributed by atoms with van der Waals surface area (Å²) in [5, 5.41) is 7.07. The molecule has 0 spiro atoms. The van der Waals surface area contributed by atoms with Crippen LogP contribution < -0.4 is 20.1 Å². The lowest BCUT2D eigenvalue weighted by atomic mass is 10.1. The van der Waals surface area contributed by atoms with Crippen LogP contribution in [0.5, 0.6) is 11.5 Å². The molecule has 2 aromatic carbocycles. The highest BCUT2D eigenvalue weighted by atomic mass is 35.5. The third kappa shape index (κ3) is 6.16. The highest BCUT2D eigenvalue weighted by molar-refractivity contribution is 6.31. The fourth-order valence-corrected chi connectivity index (χ4v) is 2.77. The molecule has 6 heteroatoms. The Morgan fingerprint density at radius 2 is 1.88 bits per heavy atom. The zero-order chi connectivity index (χ0) is 18.8. The van der Waals surface area contributed by atoms with Crippen molar-refractivity contribution >= 4 is 11.6 Å². The van der Waals surface area contributed by atoms with Crippen molar-refractivity contribution in [3.8, 4) is 11.5 Å². The second kappa shape index (κ2) is 11.0. The third-order valence-corrected chi connectivity index (χ3v) is 4.29. The second-order valence-electron chi connectivity index (χ2n) is 5.86. The Balaban J connectivity index is 2.01. The van der Waals surface area contributed by atoms with Gasteiger partial charge in [-0.2, -0.15) is 0 Å². The summed E-state index contributed by atoms with van der Waals surface area (Å²) >= 11 is 6.08. The van der Waals surface area contributed by atoms with Gasteiger partial charge in [0, 0.05) is 17.7 Å². The summed E-state index contributed by atoms with van der Waals surface area (Å²) in [5.74, 6) is 0.975. The zero-order valence-corrected chi connectivity index (χ0v) is 16.0. The predicted octanol–water partition coefficient (Wildman–Crippen LogP) is 4.16. The molecular formula is C20H26ClFN2O2. The molecule has 0 amide bonds. The van der Waals surface area contributed by atoms with Crippen molar-refractivity contribution in [1.29, 1.82) is 0 Å². The van der Waals surface area contributed by atoms with E-state index >= 15 is 0 Å². The summed E-state index contributed by atoms with van der Waals surface area (Å²) in [6.07, 6.45) is 1.05. The summed E-state index contributed by atoms with van der Waals surface area (Å²) in [7, 11) is 1.61. The fraction of sp³-hybridized carbons (Fsp3) is 0.400. The predicted molar refractivity (Wildman–Crippen MR) is 104 cm³/mol. The quantitative estimate of drug-likeness (QED) is 0.574. The maximum absolute atomic E-state index is 13.2. The van der Waals surface area contributed by atoms with Crippen LogP contribution in [0.4, 0.5) is 4.39 Å². The van der Waals surface area contributed by atoms with E-state index in [4.69, 9.17) is 21.1 Å². The van der Waals surface area contributed by atoms with Crippen LogP contribution in [-0.4, -0.2) is 26.7 Å². The highest BCUT2D eigenvalue weighted by Gasteiger charge is 2.12. The maximum atomic E-state index is 13.2. The molecule has 4 nitrogen and oxygen atoms in total. The van der Waals surface area contributed by atoms with E-state index in [1.54, 1.807) is 13.2 Å². The van der Waals surface area contributed by atoms with Gasteiger partial charge in [0.1, 0.15) is 12.4 Å². The number of methoxy groups -OCH3 is 1. The Labute approximate surface area is 159 Å². The molecule has 0 saturated carbocycles. The average Bonchev–Trinajstić information content (AvgIpc) is 2.64. The molecule has 2 N–H and O–H groups in total. The van der Waals surface area contributed by atoms with Crippen molar-refractivity contribution in [3.63, 3.8) is 0 Å². The Morgan fingerprint density at radius 3 is 2.62 bits per heavy atom. The lowest BCUT2D eigenvalue weighted by Gasteiger charge is -2.16. The van der Waals surface area contributed by atoms with E-state index in [1.807, 2.05) is 18.2 Å². The molecule has 0 unspecified atom stereocenters. The van der Waals surface area contributed by atoms with E-state index in [-0.39, 0.29) is 12.4 Å². The van der Waals surface area contributed by atoms with Gasteiger partial charge < -0.3 is 20.1 Å². The van der Waals surface area contributed by atoms with Crippen LogP contribution >= 0.6 is 11.6 Å². The average molecular weight is 381 g/mol. The molecule has 0 bridgehead atoms. The molecule has 26 heavy (non-hydrogen) atoms. The first-order valence-electron chi connectivity index (χ1n) is 8.79. The first kappa shape index (κ1) is 20.5. The molecule has 142 valence electrons. The molecule has 0 atom stereocenters. The number of para-hydroxylation sites is 1. The molecule has 0 saturated heterocycles.